The van der Waals surface area contributed by atoms with Crippen LogP contribution >= 0.6 is 0 Å². The molecule has 128 valence electrons. The molecule has 5 heteroatoms. The maximum atomic E-state index is 13.0. The number of rotatable bonds is 4. The molecule has 1 aliphatic rings. The Labute approximate surface area is 147 Å². The van der Waals surface area contributed by atoms with Crippen LogP contribution in [0.25, 0.3) is 11.0 Å². The van der Waals surface area contributed by atoms with E-state index in [-0.39, 0.29) is 5.91 Å². The number of nitrogens with zero attached hydrogens (tertiary/aromatic N) is 2. The maximum absolute atomic E-state index is 13.0. The van der Waals surface area contributed by atoms with Crippen LogP contribution in [0.15, 0.2) is 48.8 Å². The lowest BCUT2D eigenvalue weighted by Gasteiger charge is -2.27. The van der Waals surface area contributed by atoms with Crippen molar-refractivity contribution in [1.82, 2.24) is 14.9 Å². The molecule has 4 rings (SSSR count). The molecule has 1 aromatic carbocycles. The van der Waals surface area contributed by atoms with Crippen LogP contribution < -0.4 is 5.32 Å². The average molecular weight is 334 g/mol. The fraction of sp³-hybridized carbons (Fsp3) is 0.300. The predicted molar refractivity (Wildman–Crippen MR) is 99.6 cm³/mol. The first-order valence-electron chi connectivity index (χ1n) is 8.86. The molecule has 0 unspecified atom stereocenters. The third-order valence-electron chi connectivity index (χ3n) is 4.77. The highest BCUT2D eigenvalue weighted by atomic mass is 16.2. The fourth-order valence-electron chi connectivity index (χ4n) is 3.41. The van der Waals surface area contributed by atoms with Gasteiger partial charge in [0.15, 0.2) is 0 Å². The number of piperidine rings is 1. The summed E-state index contributed by atoms with van der Waals surface area (Å²) in [5, 5.41) is 4.43. The van der Waals surface area contributed by atoms with Gasteiger partial charge in [-0.05, 0) is 30.9 Å². The van der Waals surface area contributed by atoms with Crippen molar-refractivity contribution in [2.45, 2.75) is 25.8 Å². The zero-order chi connectivity index (χ0) is 17.1. The highest BCUT2D eigenvalue weighted by Gasteiger charge is 2.22. The molecule has 1 aliphatic heterocycles. The number of H-pyrrole nitrogens is 1. The molecular weight excluding hydrogens is 312 g/mol. The molecule has 0 radical (unpaired) electrons. The molecule has 3 aromatic rings. The van der Waals surface area contributed by atoms with Gasteiger partial charge in [0.25, 0.3) is 5.91 Å². The van der Waals surface area contributed by atoms with E-state index in [9.17, 15) is 4.79 Å². The van der Waals surface area contributed by atoms with Crippen LogP contribution in [0, 0.1) is 0 Å². The Hall–Kier alpha value is -2.82. The van der Waals surface area contributed by atoms with Crippen LogP contribution in [-0.2, 0) is 6.54 Å². The number of benzene rings is 1. The minimum absolute atomic E-state index is 0.0749. The topological polar surface area (TPSA) is 61.0 Å². The second-order valence-electron chi connectivity index (χ2n) is 6.48. The van der Waals surface area contributed by atoms with Gasteiger partial charge in [-0.2, -0.15) is 0 Å². The fourth-order valence-corrected chi connectivity index (χ4v) is 3.41. The van der Waals surface area contributed by atoms with E-state index in [1.54, 1.807) is 6.20 Å². The van der Waals surface area contributed by atoms with Crippen molar-refractivity contribution in [2.75, 3.05) is 18.4 Å². The van der Waals surface area contributed by atoms with Gasteiger partial charge >= 0.3 is 0 Å². The summed E-state index contributed by atoms with van der Waals surface area (Å²) in [7, 11) is 0. The molecule has 0 saturated carbocycles. The van der Waals surface area contributed by atoms with Gasteiger partial charge in [-0.3, -0.25) is 4.79 Å². The zero-order valence-electron chi connectivity index (χ0n) is 14.2. The normalized spacial score (nSPS) is 14.6. The van der Waals surface area contributed by atoms with Crippen LogP contribution in [0.4, 0.5) is 5.69 Å². The van der Waals surface area contributed by atoms with Gasteiger partial charge in [-0.15, -0.1) is 0 Å². The molecular formula is C20H22N4O. The van der Waals surface area contributed by atoms with Gasteiger partial charge in [0.1, 0.15) is 5.65 Å². The van der Waals surface area contributed by atoms with Gasteiger partial charge < -0.3 is 15.2 Å². The van der Waals surface area contributed by atoms with Crippen molar-refractivity contribution in [1.29, 1.82) is 0 Å². The van der Waals surface area contributed by atoms with Crippen LogP contribution in [0.5, 0.6) is 0 Å². The molecule has 0 bridgehead atoms. The first kappa shape index (κ1) is 15.7. The van der Waals surface area contributed by atoms with Crippen molar-refractivity contribution in [3.63, 3.8) is 0 Å². The Balaban J connectivity index is 1.67. The number of fused-ring (bicyclic) bond motifs is 1. The molecule has 0 atom stereocenters. The lowest BCUT2D eigenvalue weighted by molar-refractivity contribution is 0.0725. The van der Waals surface area contributed by atoms with Gasteiger partial charge in [-0.1, -0.05) is 30.3 Å². The van der Waals surface area contributed by atoms with Gasteiger partial charge in [-0.25, -0.2) is 4.98 Å². The SMILES string of the molecule is O=C(c1cnc2[nH]ccc2c1NCc1ccccc1)N1CCCCC1. The van der Waals surface area contributed by atoms with E-state index >= 15 is 0 Å². The van der Waals surface area contributed by atoms with Crippen molar-refractivity contribution < 1.29 is 4.79 Å². The van der Waals surface area contributed by atoms with E-state index in [4.69, 9.17) is 0 Å². The number of carbonyl (C=O) groups excluding carboxylic acids is 1. The van der Waals surface area contributed by atoms with E-state index in [1.165, 1.54) is 12.0 Å². The number of carbonyl (C=O) groups is 1. The summed E-state index contributed by atoms with van der Waals surface area (Å²) in [5.74, 6) is 0.0749. The summed E-state index contributed by atoms with van der Waals surface area (Å²) in [6, 6.07) is 12.2. The molecule has 3 heterocycles. The summed E-state index contributed by atoms with van der Waals surface area (Å²) < 4.78 is 0. The van der Waals surface area contributed by atoms with Crippen molar-refractivity contribution >= 4 is 22.6 Å². The second kappa shape index (κ2) is 6.97. The number of anilines is 1. The number of hydrogen-bond donors (Lipinski definition) is 2. The van der Waals surface area contributed by atoms with Gasteiger partial charge in [0.05, 0.1) is 11.3 Å². The second-order valence-corrected chi connectivity index (χ2v) is 6.48. The van der Waals surface area contributed by atoms with Gasteiger partial charge in [0.2, 0.25) is 0 Å². The maximum Gasteiger partial charge on any atom is 0.257 e. The predicted octanol–water partition coefficient (Wildman–Crippen LogP) is 3.80. The molecule has 0 aliphatic carbocycles. The summed E-state index contributed by atoms with van der Waals surface area (Å²) in [5.41, 5.74) is 3.50. The Kier molecular flexibility index (Phi) is 4.37. The van der Waals surface area contributed by atoms with Gasteiger partial charge in [0, 0.05) is 37.4 Å². The highest BCUT2D eigenvalue weighted by molar-refractivity contribution is 6.06. The van der Waals surface area contributed by atoms with E-state index < -0.39 is 0 Å². The molecule has 1 amide bonds. The summed E-state index contributed by atoms with van der Waals surface area (Å²) in [6.45, 7) is 2.34. The zero-order valence-corrected chi connectivity index (χ0v) is 14.2. The molecule has 2 aromatic heterocycles. The lowest BCUT2D eigenvalue weighted by atomic mass is 10.1. The minimum atomic E-state index is 0.0749. The number of hydrogen-bond acceptors (Lipinski definition) is 3. The average Bonchev–Trinajstić information content (AvgIpc) is 3.16. The van der Waals surface area contributed by atoms with Crippen LogP contribution in [0.3, 0.4) is 0 Å². The van der Waals surface area contributed by atoms with E-state index in [1.807, 2.05) is 35.4 Å². The first-order valence-corrected chi connectivity index (χ1v) is 8.86. The third kappa shape index (κ3) is 3.22. The van der Waals surface area contributed by atoms with E-state index in [0.29, 0.717) is 12.1 Å². The van der Waals surface area contributed by atoms with Crippen molar-refractivity contribution in [3.05, 3.63) is 59.9 Å². The Morgan fingerprint density at radius 2 is 1.92 bits per heavy atom. The standard InChI is InChI=1S/C20H22N4O/c25-20(24-11-5-2-6-12-24)17-14-23-19-16(9-10-21-19)18(17)22-13-15-7-3-1-4-8-15/h1,3-4,7-10,14H,2,5-6,11-13H2,(H2,21,22,23). The minimum Gasteiger partial charge on any atom is -0.380 e. The van der Waals surface area contributed by atoms with E-state index in [0.717, 1.165) is 42.7 Å². The lowest BCUT2D eigenvalue weighted by Crippen LogP contribution is -2.36. The first-order chi connectivity index (χ1) is 12.3. The number of aromatic nitrogens is 2. The Morgan fingerprint density at radius 1 is 1.12 bits per heavy atom. The highest BCUT2D eigenvalue weighted by Crippen LogP contribution is 2.28. The number of nitrogens with one attached hydrogen (secondary N) is 2. The Bertz CT molecular complexity index is 866. The van der Waals surface area contributed by atoms with Crippen LogP contribution in [0.2, 0.25) is 0 Å². The quantitative estimate of drug-likeness (QED) is 0.763. The molecule has 1 fully saturated rings. The largest absolute Gasteiger partial charge is 0.380 e. The molecule has 0 spiro atoms. The van der Waals surface area contributed by atoms with E-state index in [2.05, 4.69) is 27.4 Å². The number of pyridine rings is 1. The molecule has 1 saturated heterocycles. The summed E-state index contributed by atoms with van der Waals surface area (Å²) >= 11 is 0. The molecule has 2 N–H and O–H groups in total. The summed E-state index contributed by atoms with van der Waals surface area (Å²) in [4.78, 5) is 22.5. The van der Waals surface area contributed by atoms with Crippen LogP contribution in [0.1, 0.15) is 35.2 Å². The number of likely N-dealkylation sites (tertiary alicyclic amines) is 1. The van der Waals surface area contributed by atoms with Crippen molar-refractivity contribution in [2.24, 2.45) is 0 Å². The van der Waals surface area contributed by atoms with Crippen molar-refractivity contribution in [3.8, 4) is 0 Å². The smallest absolute Gasteiger partial charge is 0.257 e. The van der Waals surface area contributed by atoms with Crippen LogP contribution in [-0.4, -0.2) is 33.9 Å². The number of amides is 1. The molecule has 5 nitrogen and oxygen atoms in total. The number of aromatic amines is 1. The third-order valence-corrected chi connectivity index (χ3v) is 4.77. The molecule has 25 heavy (non-hydrogen) atoms. The monoisotopic (exact) mass is 334 g/mol. The Morgan fingerprint density at radius 3 is 2.72 bits per heavy atom. The summed E-state index contributed by atoms with van der Waals surface area (Å²) in [6.07, 6.45) is 6.93.